The van der Waals surface area contributed by atoms with Crippen LogP contribution in [-0.4, -0.2) is 25.0 Å². The fourth-order valence-electron chi connectivity index (χ4n) is 0.553. The number of ketones is 1. The summed E-state index contributed by atoms with van der Waals surface area (Å²) in [5.41, 5.74) is 0. The van der Waals surface area contributed by atoms with Crippen molar-refractivity contribution in [3.63, 3.8) is 0 Å². The topological polar surface area (TPSA) is 43.4 Å². The van der Waals surface area contributed by atoms with Gasteiger partial charge in [0.15, 0.2) is 12.0 Å². The smallest absolute Gasteiger partial charge is 0.313 e. The second-order valence-electron chi connectivity index (χ2n) is 2.10. The predicted octanol–water partition coefficient (Wildman–Crippen LogP) is 0.867. The number of hydrogen-bond acceptors (Lipinski definition) is 3. The number of ether oxygens (including phenoxy) is 1. The molecule has 1 atom stereocenters. The lowest BCUT2D eigenvalue weighted by Crippen LogP contribution is -2.19. The SMILES string of the molecule is CCC(F)C(=O)CC(=O)OC. The molecule has 0 fully saturated rings. The molecule has 0 radical (unpaired) electrons. The van der Waals surface area contributed by atoms with Crippen molar-refractivity contribution < 1.29 is 18.7 Å². The predicted molar refractivity (Wildman–Crippen MR) is 36.8 cm³/mol. The van der Waals surface area contributed by atoms with Gasteiger partial charge in [-0.15, -0.1) is 0 Å². The second-order valence-corrected chi connectivity index (χ2v) is 2.10. The Hall–Kier alpha value is -0.930. The monoisotopic (exact) mass is 162 g/mol. The molecular formula is C7H11FO3. The van der Waals surface area contributed by atoms with Gasteiger partial charge in [0.2, 0.25) is 0 Å². The Kier molecular flexibility index (Phi) is 4.41. The van der Waals surface area contributed by atoms with Gasteiger partial charge in [-0.05, 0) is 6.42 Å². The molecule has 0 rings (SSSR count). The number of carbonyl (C=O) groups excluding carboxylic acids is 2. The molecule has 0 heterocycles. The fraction of sp³-hybridized carbons (Fsp3) is 0.714. The molecule has 64 valence electrons. The lowest BCUT2D eigenvalue weighted by molar-refractivity contribution is -0.144. The first-order valence-electron chi connectivity index (χ1n) is 3.35. The molecule has 0 saturated carbocycles. The van der Waals surface area contributed by atoms with Gasteiger partial charge < -0.3 is 4.74 Å². The fourth-order valence-corrected chi connectivity index (χ4v) is 0.553. The summed E-state index contributed by atoms with van der Waals surface area (Å²) in [7, 11) is 1.16. The third-order valence-electron chi connectivity index (χ3n) is 1.25. The maximum atomic E-state index is 12.5. The maximum Gasteiger partial charge on any atom is 0.313 e. The third kappa shape index (κ3) is 3.70. The van der Waals surface area contributed by atoms with E-state index in [0.717, 1.165) is 7.11 Å². The molecule has 0 aliphatic heterocycles. The highest BCUT2D eigenvalue weighted by Crippen LogP contribution is 2.01. The van der Waals surface area contributed by atoms with Gasteiger partial charge in [-0.3, -0.25) is 9.59 Å². The van der Waals surface area contributed by atoms with Crippen LogP contribution in [0.1, 0.15) is 19.8 Å². The molecule has 0 N–H and O–H groups in total. The Balaban J connectivity index is 3.77. The van der Waals surface area contributed by atoms with Crippen LogP contribution in [0.25, 0.3) is 0 Å². The van der Waals surface area contributed by atoms with E-state index in [-0.39, 0.29) is 6.42 Å². The van der Waals surface area contributed by atoms with Crippen molar-refractivity contribution in [2.75, 3.05) is 7.11 Å². The van der Waals surface area contributed by atoms with Crippen LogP contribution < -0.4 is 0 Å². The summed E-state index contributed by atoms with van der Waals surface area (Å²) in [6.45, 7) is 1.54. The van der Waals surface area contributed by atoms with Crippen LogP contribution in [0.4, 0.5) is 4.39 Å². The Morgan fingerprint density at radius 3 is 2.45 bits per heavy atom. The lowest BCUT2D eigenvalue weighted by Gasteiger charge is -2.01. The number of halogens is 1. The van der Waals surface area contributed by atoms with Gasteiger partial charge in [0, 0.05) is 0 Å². The first-order chi connectivity index (χ1) is 5.11. The average molecular weight is 162 g/mol. The molecule has 4 heteroatoms. The Bertz CT molecular complexity index is 156. The summed E-state index contributed by atoms with van der Waals surface area (Å²) < 4.78 is 16.7. The van der Waals surface area contributed by atoms with E-state index in [4.69, 9.17) is 0 Å². The van der Waals surface area contributed by atoms with Gasteiger partial charge in [-0.2, -0.15) is 0 Å². The number of alkyl halides is 1. The summed E-state index contributed by atoms with van der Waals surface area (Å²) in [5.74, 6) is -1.40. The van der Waals surface area contributed by atoms with E-state index >= 15 is 0 Å². The highest BCUT2D eigenvalue weighted by atomic mass is 19.1. The summed E-state index contributed by atoms with van der Waals surface area (Å²) in [6, 6.07) is 0. The molecule has 0 aromatic heterocycles. The Labute approximate surface area is 64.5 Å². The number of carbonyl (C=O) groups is 2. The van der Waals surface area contributed by atoms with Gasteiger partial charge in [-0.1, -0.05) is 6.92 Å². The molecule has 0 aromatic rings. The molecule has 0 spiro atoms. The summed E-state index contributed by atoms with van der Waals surface area (Å²) in [5, 5.41) is 0. The van der Waals surface area contributed by atoms with Crippen LogP contribution >= 0.6 is 0 Å². The first kappa shape index (κ1) is 10.1. The summed E-state index contributed by atoms with van der Waals surface area (Å²) in [6.07, 6.45) is -1.89. The molecule has 0 aliphatic rings. The molecule has 3 nitrogen and oxygen atoms in total. The van der Waals surface area contributed by atoms with E-state index in [0.29, 0.717) is 0 Å². The largest absolute Gasteiger partial charge is 0.469 e. The van der Waals surface area contributed by atoms with E-state index < -0.39 is 24.3 Å². The minimum atomic E-state index is -1.53. The van der Waals surface area contributed by atoms with Crippen molar-refractivity contribution in [2.24, 2.45) is 0 Å². The second kappa shape index (κ2) is 4.82. The van der Waals surface area contributed by atoms with Gasteiger partial charge >= 0.3 is 5.97 Å². The first-order valence-corrected chi connectivity index (χ1v) is 3.35. The van der Waals surface area contributed by atoms with E-state index in [9.17, 15) is 14.0 Å². The molecule has 0 amide bonds. The quantitative estimate of drug-likeness (QED) is 0.455. The van der Waals surface area contributed by atoms with E-state index in [1.165, 1.54) is 0 Å². The van der Waals surface area contributed by atoms with Gasteiger partial charge in [0.05, 0.1) is 7.11 Å². The van der Waals surface area contributed by atoms with Crippen LogP contribution in [0.2, 0.25) is 0 Å². The van der Waals surface area contributed by atoms with Crippen LogP contribution in [0.15, 0.2) is 0 Å². The molecule has 0 aromatic carbocycles. The zero-order valence-corrected chi connectivity index (χ0v) is 6.59. The zero-order valence-electron chi connectivity index (χ0n) is 6.59. The van der Waals surface area contributed by atoms with Crippen molar-refractivity contribution in [1.82, 2.24) is 0 Å². The van der Waals surface area contributed by atoms with Crippen molar-refractivity contribution in [3.05, 3.63) is 0 Å². The molecule has 0 bridgehead atoms. The van der Waals surface area contributed by atoms with Crippen LogP contribution in [-0.2, 0) is 14.3 Å². The van der Waals surface area contributed by atoms with Gasteiger partial charge in [0.1, 0.15) is 6.42 Å². The van der Waals surface area contributed by atoms with Crippen molar-refractivity contribution >= 4 is 11.8 Å². The minimum absolute atomic E-state index is 0.107. The summed E-state index contributed by atoms with van der Waals surface area (Å²) >= 11 is 0. The highest BCUT2D eigenvalue weighted by molar-refractivity contribution is 5.97. The van der Waals surface area contributed by atoms with Crippen molar-refractivity contribution in [3.8, 4) is 0 Å². The Morgan fingerprint density at radius 1 is 1.55 bits per heavy atom. The average Bonchev–Trinajstić information content (AvgIpc) is 2.02. The molecule has 0 aliphatic carbocycles. The zero-order chi connectivity index (χ0) is 8.85. The van der Waals surface area contributed by atoms with Crippen LogP contribution in [0.3, 0.4) is 0 Å². The van der Waals surface area contributed by atoms with Crippen LogP contribution in [0.5, 0.6) is 0 Å². The normalized spacial score (nSPS) is 12.3. The highest BCUT2D eigenvalue weighted by Gasteiger charge is 2.18. The van der Waals surface area contributed by atoms with E-state index in [2.05, 4.69) is 4.74 Å². The Morgan fingerprint density at radius 2 is 2.09 bits per heavy atom. The number of hydrogen-bond donors (Lipinski definition) is 0. The molecular weight excluding hydrogens is 151 g/mol. The van der Waals surface area contributed by atoms with E-state index in [1.807, 2.05) is 0 Å². The number of Topliss-reactive ketones (excluding diaryl/α,β-unsaturated/α-hetero) is 1. The molecule has 1 unspecified atom stereocenters. The number of methoxy groups -OCH3 is 1. The van der Waals surface area contributed by atoms with Crippen LogP contribution in [0, 0.1) is 0 Å². The number of rotatable bonds is 4. The molecule has 11 heavy (non-hydrogen) atoms. The van der Waals surface area contributed by atoms with Gasteiger partial charge in [0.25, 0.3) is 0 Å². The molecule has 0 saturated heterocycles. The van der Waals surface area contributed by atoms with Crippen molar-refractivity contribution in [2.45, 2.75) is 25.9 Å². The maximum absolute atomic E-state index is 12.5. The standard InChI is InChI=1S/C7H11FO3/c1-3-5(8)6(9)4-7(10)11-2/h5H,3-4H2,1-2H3. The summed E-state index contributed by atoms with van der Waals surface area (Å²) in [4.78, 5) is 21.1. The van der Waals surface area contributed by atoms with Crippen molar-refractivity contribution in [1.29, 1.82) is 0 Å². The van der Waals surface area contributed by atoms with Gasteiger partial charge in [-0.25, -0.2) is 4.39 Å². The van der Waals surface area contributed by atoms with E-state index in [1.54, 1.807) is 6.92 Å². The number of esters is 1. The minimum Gasteiger partial charge on any atom is -0.469 e. The lowest BCUT2D eigenvalue weighted by atomic mass is 10.1. The third-order valence-corrected chi connectivity index (χ3v) is 1.25.